The van der Waals surface area contributed by atoms with Crippen molar-refractivity contribution in [3.05, 3.63) is 5.32 Å². The van der Waals surface area contributed by atoms with Crippen molar-refractivity contribution in [2.24, 2.45) is 5.92 Å². The van der Waals surface area contributed by atoms with Crippen LogP contribution in [0.2, 0.25) is 0 Å². The smallest absolute Gasteiger partial charge is 0.0533 e. The Labute approximate surface area is 56.8 Å². The molecular weight excluding hydrogens is 110 g/mol. The lowest BCUT2D eigenvalue weighted by molar-refractivity contribution is 0.524. The minimum Gasteiger partial charge on any atom is -0.657 e. The number of hydrogen-bond donors (Lipinski definition) is 0. The van der Waals surface area contributed by atoms with E-state index in [0.717, 1.165) is 18.0 Å². The van der Waals surface area contributed by atoms with E-state index >= 15 is 0 Å². The van der Waals surface area contributed by atoms with Crippen LogP contribution in [-0.2, 0) is 0 Å². The van der Waals surface area contributed by atoms with Gasteiger partial charge < -0.3 is 5.32 Å². The molecule has 2 fully saturated rings. The Balaban J connectivity index is 1.86. The first-order valence-corrected chi connectivity index (χ1v) is 4.10. The summed E-state index contributed by atoms with van der Waals surface area (Å²) in [6.45, 7) is 2.25. The van der Waals surface area contributed by atoms with E-state index < -0.39 is 0 Å². The SMILES string of the molecule is CCC1CCC2CC2[N-]1. The van der Waals surface area contributed by atoms with Gasteiger partial charge in [-0.25, -0.2) is 0 Å². The second-order valence-electron chi connectivity index (χ2n) is 3.35. The number of fused-ring (bicyclic) bond motifs is 1. The quantitative estimate of drug-likeness (QED) is 0.509. The zero-order chi connectivity index (χ0) is 6.27. The zero-order valence-electron chi connectivity index (χ0n) is 6.01. The van der Waals surface area contributed by atoms with E-state index in [1.165, 1.54) is 25.7 Å². The number of hydrogen-bond acceptors (Lipinski definition) is 0. The molecule has 3 unspecified atom stereocenters. The van der Waals surface area contributed by atoms with E-state index in [-0.39, 0.29) is 0 Å². The van der Waals surface area contributed by atoms with Crippen molar-refractivity contribution >= 4 is 0 Å². The molecule has 1 aliphatic carbocycles. The predicted molar refractivity (Wildman–Crippen MR) is 38.6 cm³/mol. The van der Waals surface area contributed by atoms with Crippen LogP contribution in [-0.4, -0.2) is 12.1 Å². The molecule has 0 bridgehead atoms. The van der Waals surface area contributed by atoms with Gasteiger partial charge in [0, 0.05) is 0 Å². The summed E-state index contributed by atoms with van der Waals surface area (Å²) in [7, 11) is 0. The predicted octanol–water partition coefficient (Wildman–Crippen LogP) is 2.32. The molecule has 0 N–H and O–H groups in total. The monoisotopic (exact) mass is 124 g/mol. The van der Waals surface area contributed by atoms with Gasteiger partial charge in [-0.2, -0.15) is 0 Å². The Morgan fingerprint density at radius 2 is 2.33 bits per heavy atom. The molecule has 0 aromatic heterocycles. The molecule has 2 aliphatic rings. The van der Waals surface area contributed by atoms with Crippen molar-refractivity contribution in [2.75, 3.05) is 0 Å². The molecule has 3 atom stereocenters. The van der Waals surface area contributed by atoms with Gasteiger partial charge >= 0.3 is 0 Å². The molecule has 1 saturated heterocycles. The summed E-state index contributed by atoms with van der Waals surface area (Å²) in [4.78, 5) is 0. The van der Waals surface area contributed by atoms with E-state index in [1.54, 1.807) is 0 Å². The Bertz CT molecular complexity index is 111. The van der Waals surface area contributed by atoms with Gasteiger partial charge in [0.25, 0.3) is 0 Å². The average molecular weight is 124 g/mol. The van der Waals surface area contributed by atoms with Gasteiger partial charge in [-0.3, -0.25) is 0 Å². The van der Waals surface area contributed by atoms with Gasteiger partial charge in [-0.05, 0) is 0 Å². The summed E-state index contributed by atoms with van der Waals surface area (Å²) in [5, 5.41) is 4.67. The van der Waals surface area contributed by atoms with Gasteiger partial charge in [0.1, 0.15) is 0 Å². The summed E-state index contributed by atoms with van der Waals surface area (Å²) >= 11 is 0. The molecule has 0 amide bonds. The minimum absolute atomic E-state index is 0.730. The van der Waals surface area contributed by atoms with Crippen molar-refractivity contribution < 1.29 is 0 Å². The average Bonchev–Trinajstić information content (AvgIpc) is 2.64. The maximum absolute atomic E-state index is 4.67. The van der Waals surface area contributed by atoms with Crippen LogP contribution in [0.4, 0.5) is 0 Å². The maximum atomic E-state index is 4.67. The van der Waals surface area contributed by atoms with Gasteiger partial charge in [0.05, 0.1) is 0 Å². The fraction of sp³-hybridized carbons (Fsp3) is 1.00. The fourth-order valence-corrected chi connectivity index (χ4v) is 1.79. The van der Waals surface area contributed by atoms with Crippen molar-refractivity contribution in [2.45, 2.75) is 44.7 Å². The molecule has 0 aromatic rings. The maximum Gasteiger partial charge on any atom is -0.0533 e. The van der Waals surface area contributed by atoms with Gasteiger partial charge in [-0.15, -0.1) is 12.1 Å². The molecule has 0 aromatic carbocycles. The van der Waals surface area contributed by atoms with E-state index in [9.17, 15) is 0 Å². The molecule has 2 rings (SSSR count). The minimum atomic E-state index is 0.730. The van der Waals surface area contributed by atoms with Crippen LogP contribution in [0, 0.1) is 5.92 Å². The summed E-state index contributed by atoms with van der Waals surface area (Å²) in [6, 6.07) is 1.54. The molecule has 52 valence electrons. The third-order valence-corrected chi connectivity index (χ3v) is 2.63. The molecule has 1 nitrogen and oxygen atoms in total. The summed E-state index contributed by atoms with van der Waals surface area (Å²) in [5.41, 5.74) is 0. The highest BCUT2D eigenvalue weighted by atomic mass is 15.0. The Kier molecular flexibility index (Phi) is 1.26. The van der Waals surface area contributed by atoms with Crippen LogP contribution in [0.25, 0.3) is 5.32 Å². The topological polar surface area (TPSA) is 14.1 Å². The molecule has 0 radical (unpaired) electrons. The van der Waals surface area contributed by atoms with E-state index in [0.29, 0.717) is 0 Å². The highest BCUT2D eigenvalue weighted by Crippen LogP contribution is 2.47. The normalized spacial score (nSPS) is 48.3. The third-order valence-electron chi connectivity index (χ3n) is 2.63. The Morgan fingerprint density at radius 3 is 3.00 bits per heavy atom. The summed E-state index contributed by atoms with van der Waals surface area (Å²) in [6.07, 6.45) is 5.52. The van der Waals surface area contributed by atoms with Gasteiger partial charge in [0.2, 0.25) is 0 Å². The zero-order valence-corrected chi connectivity index (χ0v) is 6.01. The number of piperidine rings is 1. The third kappa shape index (κ3) is 0.983. The molecule has 0 spiro atoms. The van der Waals surface area contributed by atoms with Crippen LogP contribution in [0.1, 0.15) is 32.6 Å². The molecule has 9 heavy (non-hydrogen) atoms. The van der Waals surface area contributed by atoms with Crippen molar-refractivity contribution in [1.82, 2.24) is 0 Å². The molecule has 1 saturated carbocycles. The molecule has 1 aliphatic heterocycles. The standard InChI is InChI=1S/C8H14N/c1-2-7-4-3-6-5-8(6)9-7/h6-8H,2-5H2,1H3/q-1. The highest BCUT2D eigenvalue weighted by Gasteiger charge is 2.32. The van der Waals surface area contributed by atoms with Crippen LogP contribution in [0.15, 0.2) is 0 Å². The van der Waals surface area contributed by atoms with Crippen LogP contribution in [0.3, 0.4) is 0 Å². The van der Waals surface area contributed by atoms with Gasteiger partial charge in [-0.1, -0.05) is 38.5 Å². The first-order chi connectivity index (χ1) is 4.40. The van der Waals surface area contributed by atoms with E-state index in [1.807, 2.05) is 0 Å². The second kappa shape index (κ2) is 1.98. The fourth-order valence-electron chi connectivity index (χ4n) is 1.79. The number of nitrogens with zero attached hydrogens (tertiary/aromatic N) is 1. The lowest BCUT2D eigenvalue weighted by atomic mass is 10.0. The highest BCUT2D eigenvalue weighted by molar-refractivity contribution is 5.15. The van der Waals surface area contributed by atoms with Gasteiger partial charge in [0.15, 0.2) is 0 Å². The summed E-state index contributed by atoms with van der Waals surface area (Å²) < 4.78 is 0. The van der Waals surface area contributed by atoms with Crippen molar-refractivity contribution in [3.8, 4) is 0 Å². The van der Waals surface area contributed by atoms with Crippen LogP contribution < -0.4 is 0 Å². The first-order valence-electron chi connectivity index (χ1n) is 4.10. The number of rotatable bonds is 1. The van der Waals surface area contributed by atoms with Crippen molar-refractivity contribution in [3.63, 3.8) is 0 Å². The molecule has 1 heteroatoms. The Hall–Kier alpha value is -0.0400. The van der Waals surface area contributed by atoms with Crippen LogP contribution >= 0.6 is 0 Å². The first kappa shape index (κ1) is 5.72. The summed E-state index contributed by atoms with van der Waals surface area (Å²) in [5.74, 6) is 1.02. The molecular formula is C8H14N-. The van der Waals surface area contributed by atoms with E-state index in [4.69, 9.17) is 0 Å². The largest absolute Gasteiger partial charge is 0.657 e. The Morgan fingerprint density at radius 1 is 1.44 bits per heavy atom. The van der Waals surface area contributed by atoms with Crippen molar-refractivity contribution in [1.29, 1.82) is 0 Å². The van der Waals surface area contributed by atoms with E-state index in [2.05, 4.69) is 12.2 Å². The lowest BCUT2D eigenvalue weighted by Gasteiger charge is -2.35. The molecule has 1 heterocycles. The second-order valence-corrected chi connectivity index (χ2v) is 3.35. The lowest BCUT2D eigenvalue weighted by Crippen LogP contribution is -2.12. The van der Waals surface area contributed by atoms with Crippen LogP contribution in [0.5, 0.6) is 0 Å².